The molecule has 1 heterocycles. The molecule has 6 heteroatoms. The molecule has 5 nitrogen and oxygen atoms in total. The van der Waals surface area contributed by atoms with Crippen LogP contribution in [0.15, 0.2) is 52.9 Å². The van der Waals surface area contributed by atoms with Gasteiger partial charge in [-0.15, -0.1) is 0 Å². The number of halogens is 1. The molecule has 172 valence electrons. The summed E-state index contributed by atoms with van der Waals surface area (Å²) in [4.78, 5) is 15.3. The minimum atomic E-state index is -0.459. The molecule has 1 atom stereocenters. The number of ether oxygens (including phenoxy) is 1. The van der Waals surface area contributed by atoms with Gasteiger partial charge >= 0.3 is 5.97 Å². The Morgan fingerprint density at radius 3 is 2.30 bits per heavy atom. The number of aryl methyl sites for hydroxylation is 1. The normalized spacial score (nSPS) is 12.5. The molecule has 0 aliphatic carbocycles. The minimum absolute atomic E-state index is 0.135. The van der Waals surface area contributed by atoms with E-state index in [4.69, 9.17) is 20.8 Å². The molecule has 0 radical (unpaired) electrons. The van der Waals surface area contributed by atoms with E-state index in [-0.39, 0.29) is 18.4 Å². The van der Waals surface area contributed by atoms with Crippen LogP contribution in [-0.4, -0.2) is 35.7 Å². The van der Waals surface area contributed by atoms with Gasteiger partial charge in [0.2, 0.25) is 0 Å². The molecule has 1 N–H and O–H groups in total. The number of nitrogens with zero attached hydrogens (tertiary/aromatic N) is 1. The number of furan rings is 1. The van der Waals surface area contributed by atoms with Crippen molar-refractivity contribution < 1.29 is 19.1 Å². The largest absolute Gasteiger partial charge is 0.507 e. The van der Waals surface area contributed by atoms with Crippen LogP contribution in [0.5, 0.6) is 5.75 Å². The molecule has 0 amide bonds. The Bertz CT molecular complexity index is 1310. The smallest absolute Gasteiger partial charge is 0.342 e. The molecule has 4 aromatic rings. The zero-order valence-electron chi connectivity index (χ0n) is 19.3. The molecule has 33 heavy (non-hydrogen) atoms. The van der Waals surface area contributed by atoms with Gasteiger partial charge in [0.05, 0.1) is 12.6 Å². The highest BCUT2D eigenvalue weighted by Gasteiger charge is 2.32. The van der Waals surface area contributed by atoms with Crippen LogP contribution in [0, 0.1) is 6.92 Å². The van der Waals surface area contributed by atoms with E-state index in [2.05, 4.69) is 18.7 Å². The van der Waals surface area contributed by atoms with Crippen molar-refractivity contribution in [2.75, 3.05) is 19.7 Å². The van der Waals surface area contributed by atoms with Crippen molar-refractivity contribution in [2.45, 2.75) is 33.7 Å². The van der Waals surface area contributed by atoms with Crippen molar-refractivity contribution in [3.05, 3.63) is 76.0 Å². The zero-order valence-corrected chi connectivity index (χ0v) is 20.1. The predicted octanol–water partition coefficient (Wildman–Crippen LogP) is 6.86. The molecule has 0 saturated carbocycles. The number of aromatic hydroxyl groups is 1. The number of carbonyl (C=O) groups excluding carboxylic acids is 1. The monoisotopic (exact) mass is 465 g/mol. The van der Waals surface area contributed by atoms with Crippen LogP contribution in [-0.2, 0) is 4.74 Å². The standard InChI is InChI=1S/C27H28ClNO4/c1-5-29(6-2)24(17-12-14-18(28)15-13-17)23-22-21(27(31)32-7-3)16(4)33-26(22)20-11-9-8-10-19(20)25(23)30/h8-15,24,30H,5-7H2,1-4H3. The van der Waals surface area contributed by atoms with E-state index in [1.54, 1.807) is 13.8 Å². The molecule has 4 rings (SSSR count). The number of fused-ring (bicyclic) bond motifs is 3. The number of rotatable bonds is 7. The van der Waals surface area contributed by atoms with Gasteiger partial charge < -0.3 is 14.3 Å². The third-order valence-corrected chi connectivity index (χ3v) is 6.40. The van der Waals surface area contributed by atoms with E-state index in [1.807, 2.05) is 48.5 Å². The van der Waals surface area contributed by atoms with E-state index in [0.717, 1.165) is 24.0 Å². The lowest BCUT2D eigenvalue weighted by molar-refractivity contribution is 0.0526. The SMILES string of the molecule is CCOC(=O)c1c(C)oc2c1c(C(c1ccc(Cl)cc1)N(CC)CC)c(O)c1ccccc12. The van der Waals surface area contributed by atoms with E-state index in [0.29, 0.717) is 38.3 Å². The Balaban J connectivity index is 2.17. The summed E-state index contributed by atoms with van der Waals surface area (Å²) >= 11 is 6.18. The lowest BCUT2D eigenvalue weighted by Crippen LogP contribution is -2.29. The zero-order chi connectivity index (χ0) is 23.7. The van der Waals surface area contributed by atoms with E-state index in [9.17, 15) is 9.90 Å². The Labute approximate surface area is 198 Å². The molecule has 0 bridgehead atoms. The fourth-order valence-electron chi connectivity index (χ4n) is 4.65. The quantitative estimate of drug-likeness (QED) is 0.302. The van der Waals surface area contributed by atoms with Gasteiger partial charge in [-0.2, -0.15) is 0 Å². The second-order valence-corrected chi connectivity index (χ2v) is 8.38. The van der Waals surface area contributed by atoms with E-state index >= 15 is 0 Å². The van der Waals surface area contributed by atoms with Gasteiger partial charge in [-0.05, 0) is 44.6 Å². The number of hydrogen-bond donors (Lipinski definition) is 1. The Morgan fingerprint density at radius 1 is 1.06 bits per heavy atom. The summed E-state index contributed by atoms with van der Waals surface area (Å²) in [5.41, 5.74) is 2.53. The van der Waals surface area contributed by atoms with Crippen LogP contribution in [0.3, 0.4) is 0 Å². The summed E-state index contributed by atoms with van der Waals surface area (Å²) in [6.07, 6.45) is 0. The van der Waals surface area contributed by atoms with Gasteiger partial charge in [-0.3, -0.25) is 4.90 Å². The minimum Gasteiger partial charge on any atom is -0.507 e. The summed E-state index contributed by atoms with van der Waals surface area (Å²) in [7, 11) is 0. The first kappa shape index (κ1) is 23.1. The van der Waals surface area contributed by atoms with Crippen molar-refractivity contribution in [3.8, 4) is 5.75 Å². The second kappa shape index (κ2) is 9.46. The average Bonchev–Trinajstić information content (AvgIpc) is 3.16. The van der Waals surface area contributed by atoms with Crippen molar-refractivity contribution in [1.29, 1.82) is 0 Å². The Hall–Kier alpha value is -3.02. The Kier molecular flexibility index (Phi) is 6.63. The van der Waals surface area contributed by atoms with Crippen LogP contribution >= 0.6 is 11.6 Å². The molecule has 0 spiro atoms. The summed E-state index contributed by atoms with van der Waals surface area (Å²) < 4.78 is 11.6. The van der Waals surface area contributed by atoms with Gasteiger partial charge in [0.1, 0.15) is 22.7 Å². The van der Waals surface area contributed by atoms with Gasteiger partial charge in [-0.25, -0.2) is 4.79 Å². The molecule has 0 fully saturated rings. The van der Waals surface area contributed by atoms with Crippen LogP contribution in [0.1, 0.15) is 54.1 Å². The van der Waals surface area contributed by atoms with E-state index < -0.39 is 5.97 Å². The highest BCUT2D eigenvalue weighted by atomic mass is 35.5. The third-order valence-electron chi connectivity index (χ3n) is 6.15. The highest BCUT2D eigenvalue weighted by Crippen LogP contribution is 2.47. The molecular weight excluding hydrogens is 438 g/mol. The predicted molar refractivity (Wildman–Crippen MR) is 132 cm³/mol. The molecular formula is C27H28ClNO4. The lowest BCUT2D eigenvalue weighted by Gasteiger charge is -2.32. The van der Waals surface area contributed by atoms with Crippen molar-refractivity contribution in [1.82, 2.24) is 4.90 Å². The second-order valence-electron chi connectivity index (χ2n) is 7.94. The van der Waals surface area contributed by atoms with Gasteiger partial charge in [-0.1, -0.05) is 61.8 Å². The summed E-state index contributed by atoms with van der Waals surface area (Å²) in [5.74, 6) is 0.144. The van der Waals surface area contributed by atoms with Crippen LogP contribution in [0.25, 0.3) is 21.7 Å². The summed E-state index contributed by atoms with van der Waals surface area (Å²) in [6.45, 7) is 9.41. The lowest BCUT2D eigenvalue weighted by atomic mass is 9.89. The molecule has 0 aliphatic rings. The first-order valence-electron chi connectivity index (χ1n) is 11.3. The van der Waals surface area contributed by atoms with Crippen LogP contribution in [0.2, 0.25) is 5.02 Å². The number of esters is 1. The fourth-order valence-corrected chi connectivity index (χ4v) is 4.78. The fraction of sp³-hybridized carbons (Fsp3) is 0.296. The average molecular weight is 466 g/mol. The summed E-state index contributed by atoms with van der Waals surface area (Å²) in [6, 6.07) is 14.8. The number of phenolic OH excluding ortho intramolecular Hbond substituents is 1. The summed E-state index contributed by atoms with van der Waals surface area (Å²) in [5, 5.41) is 14.3. The highest BCUT2D eigenvalue weighted by molar-refractivity contribution is 6.30. The first-order valence-corrected chi connectivity index (χ1v) is 11.6. The van der Waals surface area contributed by atoms with Gasteiger partial charge in [0, 0.05) is 26.7 Å². The van der Waals surface area contributed by atoms with Crippen molar-refractivity contribution >= 4 is 39.3 Å². The first-order chi connectivity index (χ1) is 15.9. The van der Waals surface area contributed by atoms with Crippen LogP contribution in [0.4, 0.5) is 0 Å². The molecule has 1 aromatic heterocycles. The maximum absolute atomic E-state index is 13.1. The van der Waals surface area contributed by atoms with Crippen molar-refractivity contribution in [2.24, 2.45) is 0 Å². The molecule has 0 aliphatic heterocycles. The van der Waals surface area contributed by atoms with Crippen molar-refractivity contribution in [3.63, 3.8) is 0 Å². The number of benzene rings is 3. The number of carbonyl (C=O) groups is 1. The molecule has 0 saturated heterocycles. The topological polar surface area (TPSA) is 62.9 Å². The maximum Gasteiger partial charge on any atom is 0.342 e. The molecule has 3 aromatic carbocycles. The number of phenols is 1. The van der Waals surface area contributed by atoms with Gasteiger partial charge in [0.15, 0.2) is 0 Å². The third kappa shape index (κ3) is 3.96. The Morgan fingerprint density at radius 2 is 1.70 bits per heavy atom. The number of hydrogen-bond acceptors (Lipinski definition) is 5. The van der Waals surface area contributed by atoms with Crippen LogP contribution < -0.4 is 0 Å². The molecule has 1 unspecified atom stereocenters. The van der Waals surface area contributed by atoms with Gasteiger partial charge in [0.25, 0.3) is 0 Å². The van der Waals surface area contributed by atoms with E-state index in [1.165, 1.54) is 0 Å². The maximum atomic E-state index is 13.1.